The number of thioether (sulfide) groups is 1. The number of carbonyl (C=O) groups is 2. The molecule has 2 aromatic rings. The number of amides is 2. The van der Waals surface area contributed by atoms with Crippen LogP contribution in [-0.4, -0.2) is 42.7 Å². The van der Waals surface area contributed by atoms with E-state index < -0.39 is 0 Å². The summed E-state index contributed by atoms with van der Waals surface area (Å²) in [5.41, 5.74) is 1.11. The van der Waals surface area contributed by atoms with Crippen LogP contribution in [0.2, 0.25) is 5.02 Å². The highest BCUT2D eigenvalue weighted by Crippen LogP contribution is 2.28. The van der Waals surface area contributed by atoms with Crippen molar-refractivity contribution in [2.75, 3.05) is 31.3 Å². The van der Waals surface area contributed by atoms with Crippen molar-refractivity contribution in [2.45, 2.75) is 17.7 Å². The fraction of sp³-hybridized carbons (Fsp3) is 0.300. The van der Waals surface area contributed by atoms with Crippen molar-refractivity contribution in [1.29, 1.82) is 0 Å². The lowest BCUT2D eigenvalue weighted by Crippen LogP contribution is -2.29. The highest BCUT2D eigenvalue weighted by atomic mass is 35.5. The van der Waals surface area contributed by atoms with E-state index in [2.05, 4.69) is 5.32 Å². The van der Waals surface area contributed by atoms with Gasteiger partial charge < -0.3 is 15.0 Å². The van der Waals surface area contributed by atoms with E-state index in [1.807, 2.05) is 23.1 Å². The third-order valence-corrected chi connectivity index (χ3v) is 5.70. The van der Waals surface area contributed by atoms with Crippen LogP contribution in [0.4, 0.5) is 5.69 Å². The number of anilines is 1. The SMILES string of the molecule is COc1ccc(NC(=O)c2ccccc2SCC(=O)N2CCCC2)cc1Cl. The first-order valence-corrected chi connectivity index (χ1v) is 10.1. The molecule has 142 valence electrons. The maximum absolute atomic E-state index is 12.7. The second-order valence-electron chi connectivity index (χ2n) is 6.18. The van der Waals surface area contributed by atoms with Crippen LogP contribution in [0.15, 0.2) is 47.4 Å². The number of hydrogen-bond donors (Lipinski definition) is 1. The molecular weight excluding hydrogens is 384 g/mol. The predicted molar refractivity (Wildman–Crippen MR) is 109 cm³/mol. The molecular formula is C20H21ClN2O3S. The van der Waals surface area contributed by atoms with Crippen LogP contribution in [0.25, 0.3) is 0 Å². The summed E-state index contributed by atoms with van der Waals surface area (Å²) in [5.74, 6) is 0.757. The number of ether oxygens (including phenoxy) is 1. The number of methoxy groups -OCH3 is 1. The van der Waals surface area contributed by atoms with Gasteiger partial charge in [0.05, 0.1) is 23.4 Å². The van der Waals surface area contributed by atoms with Crippen LogP contribution in [0.3, 0.4) is 0 Å². The van der Waals surface area contributed by atoms with Gasteiger partial charge in [-0.25, -0.2) is 0 Å². The van der Waals surface area contributed by atoms with Crippen molar-refractivity contribution in [3.05, 3.63) is 53.1 Å². The molecule has 0 radical (unpaired) electrons. The molecule has 3 rings (SSSR count). The minimum atomic E-state index is -0.243. The molecule has 0 aromatic heterocycles. The molecule has 5 nitrogen and oxygen atoms in total. The molecule has 7 heteroatoms. The molecule has 0 spiro atoms. The van der Waals surface area contributed by atoms with E-state index >= 15 is 0 Å². The van der Waals surface area contributed by atoms with Gasteiger partial charge in [0.15, 0.2) is 0 Å². The van der Waals surface area contributed by atoms with Crippen molar-refractivity contribution in [1.82, 2.24) is 4.90 Å². The summed E-state index contributed by atoms with van der Waals surface area (Å²) in [4.78, 5) is 27.6. The largest absolute Gasteiger partial charge is 0.495 e. The van der Waals surface area contributed by atoms with Crippen molar-refractivity contribution >= 4 is 40.9 Å². The Hall–Kier alpha value is -2.18. The van der Waals surface area contributed by atoms with Crippen LogP contribution in [0.1, 0.15) is 23.2 Å². The molecule has 1 heterocycles. The average molecular weight is 405 g/mol. The van der Waals surface area contributed by atoms with Gasteiger partial charge in [0.1, 0.15) is 5.75 Å². The lowest BCUT2D eigenvalue weighted by atomic mass is 10.2. The van der Waals surface area contributed by atoms with Crippen LogP contribution in [0, 0.1) is 0 Å². The second kappa shape index (κ2) is 9.15. The van der Waals surface area contributed by atoms with Gasteiger partial charge in [-0.2, -0.15) is 0 Å². The van der Waals surface area contributed by atoms with Crippen molar-refractivity contribution in [2.24, 2.45) is 0 Å². The minimum absolute atomic E-state index is 0.120. The van der Waals surface area contributed by atoms with Gasteiger partial charge in [-0.15, -0.1) is 11.8 Å². The van der Waals surface area contributed by atoms with E-state index in [1.165, 1.54) is 18.9 Å². The van der Waals surface area contributed by atoms with Crippen LogP contribution in [-0.2, 0) is 4.79 Å². The third-order valence-electron chi connectivity index (χ3n) is 4.35. The molecule has 1 saturated heterocycles. The Kier molecular flexibility index (Phi) is 6.63. The first-order valence-electron chi connectivity index (χ1n) is 8.73. The van der Waals surface area contributed by atoms with Crippen LogP contribution >= 0.6 is 23.4 Å². The third kappa shape index (κ3) is 4.96. The van der Waals surface area contributed by atoms with Gasteiger partial charge in [0.25, 0.3) is 5.91 Å². The summed E-state index contributed by atoms with van der Waals surface area (Å²) in [7, 11) is 1.54. The molecule has 1 aliphatic heterocycles. The van der Waals surface area contributed by atoms with Crippen molar-refractivity contribution in [3.8, 4) is 5.75 Å². The zero-order valence-electron chi connectivity index (χ0n) is 15.0. The Morgan fingerprint density at radius 1 is 1.19 bits per heavy atom. The second-order valence-corrected chi connectivity index (χ2v) is 7.60. The Morgan fingerprint density at radius 3 is 2.63 bits per heavy atom. The monoisotopic (exact) mass is 404 g/mol. The maximum atomic E-state index is 12.7. The van der Waals surface area contributed by atoms with Crippen molar-refractivity contribution < 1.29 is 14.3 Å². The highest BCUT2D eigenvalue weighted by molar-refractivity contribution is 8.00. The van der Waals surface area contributed by atoms with Gasteiger partial charge in [-0.1, -0.05) is 23.7 Å². The number of benzene rings is 2. The Morgan fingerprint density at radius 2 is 1.93 bits per heavy atom. The van der Waals surface area contributed by atoms with E-state index in [9.17, 15) is 9.59 Å². The summed E-state index contributed by atoms with van der Waals surface area (Å²) in [6.45, 7) is 1.67. The predicted octanol–water partition coefficient (Wildman–Crippen LogP) is 4.32. The molecule has 1 fully saturated rings. The smallest absolute Gasteiger partial charge is 0.256 e. The molecule has 0 saturated carbocycles. The molecule has 1 aliphatic rings. The summed E-state index contributed by atoms with van der Waals surface area (Å²) in [6, 6.07) is 12.4. The average Bonchev–Trinajstić information content (AvgIpc) is 3.21. The summed E-state index contributed by atoms with van der Waals surface area (Å²) in [6.07, 6.45) is 2.14. The number of rotatable bonds is 6. The molecule has 2 amide bonds. The zero-order chi connectivity index (χ0) is 19.2. The van der Waals surface area contributed by atoms with E-state index in [-0.39, 0.29) is 11.8 Å². The number of carbonyl (C=O) groups excluding carboxylic acids is 2. The fourth-order valence-electron chi connectivity index (χ4n) is 2.92. The normalized spacial score (nSPS) is 13.5. The molecule has 0 unspecified atom stereocenters. The first kappa shape index (κ1) is 19.6. The Bertz CT molecular complexity index is 838. The molecule has 2 aromatic carbocycles. The minimum Gasteiger partial charge on any atom is -0.495 e. The number of likely N-dealkylation sites (tertiary alicyclic amines) is 1. The fourth-order valence-corrected chi connectivity index (χ4v) is 4.13. The van der Waals surface area contributed by atoms with Crippen LogP contribution < -0.4 is 10.1 Å². The van der Waals surface area contributed by atoms with E-state index in [1.54, 1.807) is 24.3 Å². The highest BCUT2D eigenvalue weighted by Gasteiger charge is 2.19. The Balaban J connectivity index is 1.68. The summed E-state index contributed by atoms with van der Waals surface area (Å²) < 4.78 is 5.12. The van der Waals surface area contributed by atoms with Gasteiger partial charge in [0.2, 0.25) is 5.91 Å². The van der Waals surface area contributed by atoms with E-state index in [4.69, 9.17) is 16.3 Å². The van der Waals surface area contributed by atoms with Crippen molar-refractivity contribution in [3.63, 3.8) is 0 Å². The molecule has 1 N–H and O–H groups in total. The number of halogens is 1. The Labute approximate surface area is 168 Å². The molecule has 27 heavy (non-hydrogen) atoms. The summed E-state index contributed by atoms with van der Waals surface area (Å²) in [5, 5.41) is 3.27. The lowest BCUT2D eigenvalue weighted by molar-refractivity contribution is -0.127. The van der Waals surface area contributed by atoms with Crippen LogP contribution in [0.5, 0.6) is 5.75 Å². The van der Waals surface area contributed by atoms with Gasteiger partial charge in [-0.05, 0) is 43.2 Å². The van der Waals surface area contributed by atoms with E-state index in [0.717, 1.165) is 30.8 Å². The number of nitrogens with zero attached hydrogens (tertiary/aromatic N) is 1. The maximum Gasteiger partial charge on any atom is 0.256 e. The zero-order valence-corrected chi connectivity index (χ0v) is 16.6. The van der Waals surface area contributed by atoms with Gasteiger partial charge >= 0.3 is 0 Å². The molecule has 0 bridgehead atoms. The topological polar surface area (TPSA) is 58.6 Å². The van der Waals surface area contributed by atoms with E-state index in [0.29, 0.717) is 27.8 Å². The molecule has 0 aliphatic carbocycles. The number of nitrogens with one attached hydrogen (secondary N) is 1. The summed E-state index contributed by atoms with van der Waals surface area (Å²) >= 11 is 7.51. The lowest BCUT2D eigenvalue weighted by Gasteiger charge is -2.15. The first-order chi connectivity index (χ1) is 13.1. The van der Waals surface area contributed by atoms with Gasteiger partial charge in [-0.3, -0.25) is 9.59 Å². The molecule has 0 atom stereocenters. The number of hydrogen-bond acceptors (Lipinski definition) is 4. The quantitative estimate of drug-likeness (QED) is 0.728. The van der Waals surface area contributed by atoms with Gasteiger partial charge in [0, 0.05) is 23.7 Å². The standard InChI is InChI=1S/C20H21ClN2O3S/c1-26-17-9-8-14(12-16(17)21)22-20(25)15-6-2-3-7-18(15)27-13-19(24)23-10-4-5-11-23/h2-3,6-9,12H,4-5,10-11,13H2,1H3,(H,22,25).